The van der Waals surface area contributed by atoms with E-state index in [9.17, 15) is 4.79 Å². The van der Waals surface area contributed by atoms with Crippen LogP contribution in [0, 0.1) is 12.8 Å². The topological polar surface area (TPSA) is 66.8 Å². The molecule has 2 aromatic rings. The van der Waals surface area contributed by atoms with Crippen molar-refractivity contribution in [3.8, 4) is 0 Å². The fraction of sp³-hybridized carbons (Fsp3) is 0.588. The van der Waals surface area contributed by atoms with Gasteiger partial charge in [-0.15, -0.1) is 0 Å². The number of nitrogens with one attached hydrogen (secondary N) is 1. The fourth-order valence-corrected chi connectivity index (χ4v) is 3.88. The highest BCUT2D eigenvalue weighted by Gasteiger charge is 2.46. The lowest BCUT2D eigenvalue weighted by atomic mass is 9.89. The van der Waals surface area contributed by atoms with E-state index in [0.29, 0.717) is 17.7 Å². The van der Waals surface area contributed by atoms with Crippen molar-refractivity contribution in [2.45, 2.75) is 38.0 Å². The van der Waals surface area contributed by atoms with E-state index in [-0.39, 0.29) is 5.92 Å². The Morgan fingerprint density at radius 3 is 2.70 bits per heavy atom. The Labute approximate surface area is 135 Å². The molecule has 0 radical (unpaired) electrons. The molecule has 1 saturated heterocycles. The largest absolute Gasteiger partial charge is 0.342 e. The van der Waals surface area contributed by atoms with Crippen molar-refractivity contribution in [3.05, 3.63) is 35.4 Å². The predicted octanol–water partition coefficient (Wildman–Crippen LogP) is 1.96. The van der Waals surface area contributed by atoms with Crippen molar-refractivity contribution in [1.29, 1.82) is 0 Å². The summed E-state index contributed by atoms with van der Waals surface area (Å²) in [6.07, 6.45) is 8.92. The first-order valence-electron chi connectivity index (χ1n) is 8.40. The highest BCUT2D eigenvalue weighted by molar-refractivity contribution is 5.83. The lowest BCUT2D eigenvalue weighted by Gasteiger charge is -2.32. The molecule has 4 rings (SSSR count). The summed E-state index contributed by atoms with van der Waals surface area (Å²) in [5, 5.41) is 11.4. The average Bonchev–Trinajstić information content (AvgIpc) is 3.06. The molecular formula is C17H23N5O. The van der Waals surface area contributed by atoms with E-state index in [0.717, 1.165) is 38.0 Å². The Hall–Kier alpha value is -2.11. The number of aromatic nitrogens is 4. The highest BCUT2D eigenvalue weighted by Crippen LogP contribution is 2.48. The summed E-state index contributed by atoms with van der Waals surface area (Å²) in [4.78, 5) is 14.8. The van der Waals surface area contributed by atoms with Crippen molar-refractivity contribution >= 4 is 5.91 Å². The number of carbonyl (C=O) groups is 1. The Morgan fingerprint density at radius 1 is 1.30 bits per heavy atom. The fourth-order valence-electron chi connectivity index (χ4n) is 3.88. The summed E-state index contributed by atoms with van der Waals surface area (Å²) in [5.74, 6) is 1.42. The monoisotopic (exact) mass is 313 g/mol. The van der Waals surface area contributed by atoms with Crippen LogP contribution in [0.3, 0.4) is 0 Å². The number of piperidine rings is 1. The number of rotatable bonds is 3. The Morgan fingerprint density at radius 2 is 2.09 bits per heavy atom. The molecule has 1 aliphatic carbocycles. The van der Waals surface area contributed by atoms with Gasteiger partial charge >= 0.3 is 0 Å². The number of amides is 1. The van der Waals surface area contributed by atoms with Gasteiger partial charge in [0.05, 0.1) is 12.4 Å². The first-order chi connectivity index (χ1) is 11.1. The molecule has 1 aliphatic heterocycles. The minimum Gasteiger partial charge on any atom is -0.342 e. The number of hydrogen-bond acceptors (Lipinski definition) is 3. The van der Waals surface area contributed by atoms with Gasteiger partial charge in [0.2, 0.25) is 5.91 Å². The predicted molar refractivity (Wildman–Crippen MR) is 85.9 cm³/mol. The number of hydrogen-bond donors (Lipinski definition) is 1. The lowest BCUT2D eigenvalue weighted by Crippen LogP contribution is -2.39. The van der Waals surface area contributed by atoms with Gasteiger partial charge in [0.15, 0.2) is 0 Å². The number of carbonyl (C=O) groups excluding carboxylic acids is 1. The highest BCUT2D eigenvalue weighted by atomic mass is 16.2. The number of nitrogens with zero attached hydrogens (tertiary/aromatic N) is 4. The zero-order valence-electron chi connectivity index (χ0n) is 13.7. The third kappa shape index (κ3) is 2.66. The van der Waals surface area contributed by atoms with Crippen LogP contribution in [0.4, 0.5) is 0 Å². The summed E-state index contributed by atoms with van der Waals surface area (Å²) in [6, 6.07) is 0. The van der Waals surface area contributed by atoms with Crippen molar-refractivity contribution in [2.75, 3.05) is 13.1 Å². The first-order valence-corrected chi connectivity index (χ1v) is 8.40. The van der Waals surface area contributed by atoms with Gasteiger partial charge in [-0.25, -0.2) is 0 Å². The van der Waals surface area contributed by atoms with Crippen LogP contribution in [0.1, 0.15) is 47.9 Å². The molecular weight excluding hydrogens is 290 g/mol. The third-order valence-electron chi connectivity index (χ3n) is 5.38. The van der Waals surface area contributed by atoms with Crippen LogP contribution < -0.4 is 0 Å². The molecule has 0 unspecified atom stereocenters. The number of aryl methyl sites for hydroxylation is 2. The van der Waals surface area contributed by atoms with Gasteiger partial charge in [-0.2, -0.15) is 10.2 Å². The molecule has 0 bridgehead atoms. The molecule has 3 heterocycles. The summed E-state index contributed by atoms with van der Waals surface area (Å²) >= 11 is 0. The molecule has 1 N–H and O–H groups in total. The SMILES string of the molecule is Cc1[nH]ncc1C1CCN(C(=O)[C@@H]2C[C@H]2c2cnn(C)c2)CC1. The van der Waals surface area contributed by atoms with Gasteiger partial charge in [-0.3, -0.25) is 14.6 Å². The van der Waals surface area contributed by atoms with Crippen LogP contribution in [0.25, 0.3) is 0 Å². The zero-order chi connectivity index (χ0) is 16.0. The van der Waals surface area contributed by atoms with E-state index in [2.05, 4.69) is 27.1 Å². The van der Waals surface area contributed by atoms with E-state index in [4.69, 9.17) is 0 Å². The smallest absolute Gasteiger partial charge is 0.226 e. The normalized spacial score (nSPS) is 24.9. The van der Waals surface area contributed by atoms with Gasteiger partial charge < -0.3 is 4.90 Å². The molecule has 122 valence electrons. The molecule has 1 amide bonds. The molecule has 0 spiro atoms. The van der Waals surface area contributed by atoms with Crippen molar-refractivity contribution in [2.24, 2.45) is 13.0 Å². The van der Waals surface area contributed by atoms with Gasteiger partial charge in [-0.1, -0.05) is 0 Å². The summed E-state index contributed by atoms with van der Waals surface area (Å²) in [7, 11) is 1.92. The maximum absolute atomic E-state index is 12.7. The van der Waals surface area contributed by atoms with Crippen LogP contribution in [0.5, 0.6) is 0 Å². The standard InChI is InChI=1S/C17H23N5O/c1-11-16(9-18-20-11)12-3-5-22(6-4-12)17(23)15-7-14(15)13-8-19-21(2)10-13/h8-10,12,14-15H,3-7H2,1-2H3,(H,18,20)/t14-,15+/m0/s1. The van der Waals surface area contributed by atoms with Crippen LogP contribution in [0.2, 0.25) is 0 Å². The van der Waals surface area contributed by atoms with Crippen LogP contribution in [-0.4, -0.2) is 43.9 Å². The molecule has 6 nitrogen and oxygen atoms in total. The second kappa shape index (κ2) is 5.51. The summed E-state index contributed by atoms with van der Waals surface area (Å²) < 4.78 is 1.81. The van der Waals surface area contributed by atoms with E-state index in [1.54, 1.807) is 0 Å². The number of likely N-dealkylation sites (tertiary alicyclic amines) is 1. The zero-order valence-corrected chi connectivity index (χ0v) is 13.7. The van der Waals surface area contributed by atoms with Crippen molar-refractivity contribution in [3.63, 3.8) is 0 Å². The second-order valence-corrected chi connectivity index (χ2v) is 6.95. The summed E-state index contributed by atoms with van der Waals surface area (Å²) in [5.41, 5.74) is 3.68. The molecule has 2 aliphatic rings. The molecule has 2 fully saturated rings. The maximum Gasteiger partial charge on any atom is 0.226 e. The second-order valence-electron chi connectivity index (χ2n) is 6.95. The van der Waals surface area contributed by atoms with E-state index in [1.807, 2.05) is 30.3 Å². The van der Waals surface area contributed by atoms with E-state index >= 15 is 0 Å². The molecule has 6 heteroatoms. The third-order valence-corrected chi connectivity index (χ3v) is 5.38. The maximum atomic E-state index is 12.7. The lowest BCUT2D eigenvalue weighted by molar-refractivity contribution is -0.133. The minimum atomic E-state index is 0.173. The Bertz CT molecular complexity index is 710. The first kappa shape index (κ1) is 14.5. The van der Waals surface area contributed by atoms with Gasteiger partial charge in [0.1, 0.15) is 0 Å². The molecule has 2 aromatic heterocycles. The molecule has 0 aromatic carbocycles. The van der Waals surface area contributed by atoms with E-state index in [1.165, 1.54) is 11.1 Å². The quantitative estimate of drug-likeness (QED) is 0.942. The minimum absolute atomic E-state index is 0.173. The van der Waals surface area contributed by atoms with E-state index < -0.39 is 0 Å². The Balaban J connectivity index is 1.34. The van der Waals surface area contributed by atoms with Crippen LogP contribution in [0.15, 0.2) is 18.6 Å². The molecule has 2 atom stereocenters. The molecule has 1 saturated carbocycles. The Kier molecular flexibility index (Phi) is 3.47. The van der Waals surface area contributed by atoms with Crippen molar-refractivity contribution < 1.29 is 4.79 Å². The van der Waals surface area contributed by atoms with Crippen LogP contribution in [-0.2, 0) is 11.8 Å². The average molecular weight is 313 g/mol. The van der Waals surface area contributed by atoms with Gasteiger partial charge in [-0.05, 0) is 49.1 Å². The van der Waals surface area contributed by atoms with Crippen molar-refractivity contribution in [1.82, 2.24) is 24.9 Å². The molecule has 23 heavy (non-hydrogen) atoms. The number of aromatic amines is 1. The van der Waals surface area contributed by atoms with Gasteiger partial charge in [0.25, 0.3) is 0 Å². The van der Waals surface area contributed by atoms with Crippen LogP contribution >= 0.6 is 0 Å². The number of H-pyrrole nitrogens is 1. The summed E-state index contributed by atoms with van der Waals surface area (Å²) in [6.45, 7) is 3.80. The van der Waals surface area contributed by atoms with Gasteiger partial charge in [0, 0.05) is 37.9 Å².